The second-order valence-corrected chi connectivity index (χ2v) is 6.07. The van der Waals surface area contributed by atoms with Gasteiger partial charge in [0.05, 0.1) is 12.5 Å². The summed E-state index contributed by atoms with van der Waals surface area (Å²) in [7, 11) is 0. The molecule has 1 aromatic heterocycles. The van der Waals surface area contributed by atoms with Crippen LogP contribution in [-0.4, -0.2) is 18.4 Å². The number of halogens is 1. The van der Waals surface area contributed by atoms with E-state index in [0.717, 1.165) is 0 Å². The monoisotopic (exact) mass is 381 g/mol. The minimum Gasteiger partial charge on any atom is -0.462 e. The van der Waals surface area contributed by atoms with Crippen LogP contribution in [0.15, 0.2) is 44.0 Å². The summed E-state index contributed by atoms with van der Waals surface area (Å²) in [6.45, 7) is 1.90. The van der Waals surface area contributed by atoms with Gasteiger partial charge in [-0.05, 0) is 41.4 Å². The van der Waals surface area contributed by atoms with Crippen LogP contribution in [-0.2, 0) is 19.1 Å². The van der Waals surface area contributed by atoms with Gasteiger partial charge >= 0.3 is 5.97 Å². The molecule has 0 bridgehead atoms. The standard InChI is InChI=1S/C16H16BrNO5/c1-2-21-16(20)14-13(10-6-7-11(17)22-10)12-8(19)4-3-5-9(12)23-15(14)18/h6-7,13H,2-5,18H2,1H3. The molecule has 0 aromatic carbocycles. The van der Waals surface area contributed by atoms with Crippen LogP contribution < -0.4 is 5.73 Å². The number of allylic oxidation sites excluding steroid dienone is 2. The molecule has 23 heavy (non-hydrogen) atoms. The number of carbonyl (C=O) groups excluding carboxylic acids is 2. The number of hydrogen-bond acceptors (Lipinski definition) is 6. The molecular weight excluding hydrogens is 366 g/mol. The van der Waals surface area contributed by atoms with E-state index in [1.54, 1.807) is 19.1 Å². The van der Waals surface area contributed by atoms with Crippen LogP contribution in [0.1, 0.15) is 37.9 Å². The minimum absolute atomic E-state index is 0.0329. The molecule has 1 atom stereocenters. The number of ketones is 1. The van der Waals surface area contributed by atoms with E-state index in [4.69, 9.17) is 19.6 Å². The first-order chi connectivity index (χ1) is 11.0. The number of esters is 1. The highest BCUT2D eigenvalue weighted by Gasteiger charge is 2.42. The topological polar surface area (TPSA) is 91.8 Å². The summed E-state index contributed by atoms with van der Waals surface area (Å²) in [5, 5.41) is 0. The van der Waals surface area contributed by atoms with Crippen molar-refractivity contribution in [3.8, 4) is 0 Å². The molecule has 122 valence electrons. The Labute approximate surface area is 141 Å². The first kappa shape index (κ1) is 15.9. The van der Waals surface area contributed by atoms with Gasteiger partial charge in [0.25, 0.3) is 0 Å². The molecule has 3 rings (SSSR count). The lowest BCUT2D eigenvalue weighted by atomic mass is 9.79. The summed E-state index contributed by atoms with van der Waals surface area (Å²) in [5.41, 5.74) is 6.51. The van der Waals surface area contributed by atoms with Gasteiger partial charge in [-0.2, -0.15) is 0 Å². The van der Waals surface area contributed by atoms with Crippen molar-refractivity contribution < 1.29 is 23.5 Å². The van der Waals surface area contributed by atoms with Crippen molar-refractivity contribution in [2.24, 2.45) is 5.73 Å². The molecule has 0 spiro atoms. The predicted molar refractivity (Wildman–Crippen MR) is 84.0 cm³/mol. The molecule has 0 saturated heterocycles. The van der Waals surface area contributed by atoms with E-state index in [2.05, 4.69) is 15.9 Å². The van der Waals surface area contributed by atoms with E-state index in [1.807, 2.05) is 0 Å². The first-order valence-corrected chi connectivity index (χ1v) is 8.18. The molecular formula is C16H16BrNO5. The fourth-order valence-corrected chi connectivity index (χ4v) is 3.25. The normalized spacial score (nSPS) is 21.1. The Balaban J connectivity index is 2.14. The van der Waals surface area contributed by atoms with Gasteiger partial charge in [-0.1, -0.05) is 0 Å². The van der Waals surface area contributed by atoms with Crippen LogP contribution in [0.5, 0.6) is 0 Å². The largest absolute Gasteiger partial charge is 0.462 e. The van der Waals surface area contributed by atoms with Crippen LogP contribution in [0.25, 0.3) is 0 Å². The smallest absolute Gasteiger partial charge is 0.340 e. The third-order valence-corrected chi connectivity index (χ3v) is 4.28. The predicted octanol–water partition coefficient (Wildman–Crippen LogP) is 2.90. The van der Waals surface area contributed by atoms with Crippen molar-refractivity contribution >= 4 is 27.7 Å². The van der Waals surface area contributed by atoms with Gasteiger partial charge < -0.3 is 19.6 Å². The molecule has 0 radical (unpaired) electrons. The Morgan fingerprint density at radius 1 is 1.43 bits per heavy atom. The van der Waals surface area contributed by atoms with Crippen molar-refractivity contribution in [1.29, 1.82) is 0 Å². The molecule has 1 aromatic rings. The fraction of sp³-hybridized carbons (Fsp3) is 0.375. The molecule has 0 fully saturated rings. The maximum atomic E-state index is 12.4. The quantitative estimate of drug-likeness (QED) is 0.809. The first-order valence-electron chi connectivity index (χ1n) is 7.39. The molecule has 2 heterocycles. The lowest BCUT2D eigenvalue weighted by Crippen LogP contribution is -2.31. The van der Waals surface area contributed by atoms with E-state index in [9.17, 15) is 9.59 Å². The maximum absolute atomic E-state index is 12.4. The van der Waals surface area contributed by atoms with Gasteiger partial charge in [0, 0.05) is 18.4 Å². The molecule has 7 heteroatoms. The zero-order valence-corrected chi connectivity index (χ0v) is 14.1. The highest BCUT2D eigenvalue weighted by atomic mass is 79.9. The zero-order chi connectivity index (χ0) is 16.6. The van der Waals surface area contributed by atoms with Crippen LogP contribution in [0, 0.1) is 0 Å². The third kappa shape index (κ3) is 2.81. The molecule has 0 amide bonds. The molecule has 1 aliphatic heterocycles. The van der Waals surface area contributed by atoms with Gasteiger partial charge in [-0.25, -0.2) is 4.79 Å². The number of nitrogens with two attached hydrogens (primary N) is 1. The van der Waals surface area contributed by atoms with Gasteiger partial charge in [0.1, 0.15) is 17.1 Å². The van der Waals surface area contributed by atoms with Crippen molar-refractivity contribution in [3.63, 3.8) is 0 Å². The summed E-state index contributed by atoms with van der Waals surface area (Å²) in [6, 6.07) is 3.41. The molecule has 6 nitrogen and oxygen atoms in total. The van der Waals surface area contributed by atoms with Gasteiger partial charge in [-0.15, -0.1) is 0 Å². The molecule has 1 aliphatic carbocycles. The lowest BCUT2D eigenvalue weighted by Gasteiger charge is -2.31. The van der Waals surface area contributed by atoms with E-state index >= 15 is 0 Å². The number of furan rings is 1. The minimum atomic E-state index is -0.697. The van der Waals surface area contributed by atoms with Crippen molar-refractivity contribution in [1.82, 2.24) is 0 Å². The number of Topliss-reactive ketones (excluding diaryl/α,β-unsaturated/α-hetero) is 1. The second kappa shape index (κ2) is 6.23. The van der Waals surface area contributed by atoms with Crippen molar-refractivity contribution in [2.75, 3.05) is 6.61 Å². The zero-order valence-electron chi connectivity index (χ0n) is 12.6. The summed E-state index contributed by atoms with van der Waals surface area (Å²) in [6.07, 6.45) is 1.72. The SMILES string of the molecule is CCOC(=O)C1=C(N)OC2=C(C(=O)CCC2)C1c1ccc(Br)o1. The number of carbonyl (C=O) groups is 2. The van der Waals surface area contributed by atoms with Crippen LogP contribution >= 0.6 is 15.9 Å². The lowest BCUT2D eigenvalue weighted by molar-refractivity contribution is -0.139. The summed E-state index contributed by atoms with van der Waals surface area (Å²) in [5.74, 6) is -0.421. The van der Waals surface area contributed by atoms with E-state index < -0.39 is 11.9 Å². The molecule has 1 unspecified atom stereocenters. The van der Waals surface area contributed by atoms with Gasteiger partial charge in [0.15, 0.2) is 10.5 Å². The Morgan fingerprint density at radius 2 is 2.22 bits per heavy atom. The number of ether oxygens (including phenoxy) is 2. The summed E-state index contributed by atoms with van der Waals surface area (Å²) >= 11 is 3.24. The van der Waals surface area contributed by atoms with Crippen molar-refractivity contribution in [3.05, 3.63) is 45.4 Å². The van der Waals surface area contributed by atoms with Gasteiger partial charge in [0.2, 0.25) is 5.88 Å². The number of rotatable bonds is 3. The van der Waals surface area contributed by atoms with Crippen molar-refractivity contribution in [2.45, 2.75) is 32.1 Å². The Bertz CT molecular complexity index is 731. The Morgan fingerprint density at radius 3 is 2.87 bits per heavy atom. The molecule has 2 N–H and O–H groups in total. The fourth-order valence-electron chi connectivity index (χ4n) is 2.93. The Hall–Kier alpha value is -2.02. The van der Waals surface area contributed by atoms with Crippen LogP contribution in [0.4, 0.5) is 0 Å². The highest BCUT2D eigenvalue weighted by Crippen LogP contribution is 2.44. The average Bonchev–Trinajstić information content (AvgIpc) is 2.92. The highest BCUT2D eigenvalue weighted by molar-refractivity contribution is 9.10. The Kier molecular flexibility index (Phi) is 4.30. The number of hydrogen-bond donors (Lipinski definition) is 1. The average molecular weight is 382 g/mol. The van der Waals surface area contributed by atoms with E-state index in [0.29, 0.717) is 41.0 Å². The maximum Gasteiger partial charge on any atom is 0.340 e. The van der Waals surface area contributed by atoms with Crippen LogP contribution in [0.2, 0.25) is 0 Å². The summed E-state index contributed by atoms with van der Waals surface area (Å²) < 4.78 is 16.8. The molecule has 0 saturated carbocycles. The second-order valence-electron chi connectivity index (χ2n) is 5.29. The van der Waals surface area contributed by atoms with Gasteiger partial charge in [-0.3, -0.25) is 4.79 Å². The molecule has 2 aliphatic rings. The summed E-state index contributed by atoms with van der Waals surface area (Å²) in [4.78, 5) is 24.8. The third-order valence-electron chi connectivity index (χ3n) is 3.86. The van der Waals surface area contributed by atoms with E-state index in [-0.39, 0.29) is 23.8 Å². The van der Waals surface area contributed by atoms with E-state index in [1.165, 1.54) is 0 Å². The van der Waals surface area contributed by atoms with Crippen LogP contribution in [0.3, 0.4) is 0 Å².